The van der Waals surface area contributed by atoms with E-state index in [9.17, 15) is 0 Å². The Morgan fingerprint density at radius 2 is 2.30 bits per heavy atom. The van der Waals surface area contributed by atoms with Gasteiger partial charge in [-0.1, -0.05) is 25.8 Å². The maximum Gasteiger partial charge on any atom is -0.0351 e. The molecule has 1 fully saturated rings. The molecule has 0 heterocycles. The SMILES string of the molecule is C=CCCC1CCC(C)C1. The highest BCUT2D eigenvalue weighted by molar-refractivity contribution is 4.76. The Hall–Kier alpha value is -0.260. The molecule has 0 heteroatoms. The molecule has 0 aliphatic heterocycles. The lowest BCUT2D eigenvalue weighted by Crippen LogP contribution is -1.92. The van der Waals surface area contributed by atoms with Crippen LogP contribution in [-0.2, 0) is 0 Å². The standard InChI is InChI=1S/C10H18/c1-3-4-5-10-7-6-9(2)8-10/h3,9-10H,1,4-8H2,2H3. The summed E-state index contributed by atoms with van der Waals surface area (Å²) < 4.78 is 0. The van der Waals surface area contributed by atoms with Gasteiger partial charge in [0, 0.05) is 0 Å². The van der Waals surface area contributed by atoms with Crippen molar-refractivity contribution in [1.29, 1.82) is 0 Å². The van der Waals surface area contributed by atoms with Crippen molar-refractivity contribution in [1.82, 2.24) is 0 Å². The molecule has 2 unspecified atom stereocenters. The van der Waals surface area contributed by atoms with Crippen molar-refractivity contribution >= 4 is 0 Å². The van der Waals surface area contributed by atoms with Crippen LogP contribution in [0.25, 0.3) is 0 Å². The average molecular weight is 138 g/mol. The zero-order valence-corrected chi connectivity index (χ0v) is 6.97. The monoisotopic (exact) mass is 138 g/mol. The van der Waals surface area contributed by atoms with E-state index in [1.54, 1.807) is 0 Å². The van der Waals surface area contributed by atoms with Crippen molar-refractivity contribution in [3.63, 3.8) is 0 Å². The maximum atomic E-state index is 3.74. The van der Waals surface area contributed by atoms with Crippen molar-refractivity contribution in [2.45, 2.75) is 39.0 Å². The fourth-order valence-electron chi connectivity index (χ4n) is 1.94. The third-order valence-electron chi connectivity index (χ3n) is 2.58. The second kappa shape index (κ2) is 3.80. The zero-order valence-electron chi connectivity index (χ0n) is 6.97. The van der Waals surface area contributed by atoms with Crippen LogP contribution in [0.2, 0.25) is 0 Å². The molecule has 58 valence electrons. The summed E-state index contributed by atoms with van der Waals surface area (Å²) in [4.78, 5) is 0. The minimum atomic E-state index is 0.995. The van der Waals surface area contributed by atoms with Crippen LogP contribution in [-0.4, -0.2) is 0 Å². The molecule has 10 heavy (non-hydrogen) atoms. The highest BCUT2D eigenvalue weighted by atomic mass is 14.3. The molecule has 1 rings (SSSR count). The van der Waals surface area contributed by atoms with E-state index < -0.39 is 0 Å². The normalized spacial score (nSPS) is 32.5. The van der Waals surface area contributed by atoms with Gasteiger partial charge in [0.1, 0.15) is 0 Å². The largest absolute Gasteiger partial charge is 0.103 e. The van der Waals surface area contributed by atoms with Crippen LogP contribution in [0.4, 0.5) is 0 Å². The van der Waals surface area contributed by atoms with Crippen molar-refractivity contribution in [3.8, 4) is 0 Å². The van der Waals surface area contributed by atoms with Gasteiger partial charge < -0.3 is 0 Å². The average Bonchev–Trinajstić information content (AvgIpc) is 2.31. The molecule has 1 saturated carbocycles. The summed E-state index contributed by atoms with van der Waals surface area (Å²) in [7, 11) is 0. The Kier molecular flexibility index (Phi) is 2.98. The molecule has 0 nitrogen and oxygen atoms in total. The van der Waals surface area contributed by atoms with Gasteiger partial charge >= 0.3 is 0 Å². The molecular weight excluding hydrogens is 120 g/mol. The second-order valence-corrected chi connectivity index (χ2v) is 3.65. The number of rotatable bonds is 3. The first kappa shape index (κ1) is 7.84. The van der Waals surface area contributed by atoms with Crippen molar-refractivity contribution in [3.05, 3.63) is 12.7 Å². The predicted molar refractivity (Wildman–Crippen MR) is 45.9 cm³/mol. The van der Waals surface area contributed by atoms with E-state index in [0.29, 0.717) is 0 Å². The molecule has 0 N–H and O–H groups in total. The zero-order chi connectivity index (χ0) is 7.40. The van der Waals surface area contributed by atoms with Crippen molar-refractivity contribution in [2.24, 2.45) is 11.8 Å². The Balaban J connectivity index is 2.12. The molecule has 0 amide bonds. The van der Waals surface area contributed by atoms with Gasteiger partial charge in [0.05, 0.1) is 0 Å². The van der Waals surface area contributed by atoms with Gasteiger partial charge in [-0.3, -0.25) is 0 Å². The summed E-state index contributed by atoms with van der Waals surface area (Å²) in [5.41, 5.74) is 0. The van der Waals surface area contributed by atoms with Gasteiger partial charge in [-0.2, -0.15) is 0 Å². The Morgan fingerprint density at radius 1 is 1.50 bits per heavy atom. The smallest absolute Gasteiger partial charge is 0.0351 e. The van der Waals surface area contributed by atoms with E-state index >= 15 is 0 Å². The van der Waals surface area contributed by atoms with Crippen LogP contribution in [0.3, 0.4) is 0 Å². The molecule has 1 aliphatic rings. The summed E-state index contributed by atoms with van der Waals surface area (Å²) in [5, 5.41) is 0. The minimum Gasteiger partial charge on any atom is -0.103 e. The minimum absolute atomic E-state index is 0.995. The topological polar surface area (TPSA) is 0 Å². The molecule has 0 radical (unpaired) electrons. The lowest BCUT2D eigenvalue weighted by molar-refractivity contribution is 0.484. The van der Waals surface area contributed by atoms with Gasteiger partial charge in [-0.25, -0.2) is 0 Å². The first-order valence-electron chi connectivity index (χ1n) is 4.44. The van der Waals surface area contributed by atoms with E-state index in [1.807, 2.05) is 6.08 Å². The molecule has 0 aromatic carbocycles. The molecular formula is C10H18. The van der Waals surface area contributed by atoms with Crippen molar-refractivity contribution < 1.29 is 0 Å². The summed E-state index contributed by atoms with van der Waals surface area (Å²) in [6.07, 6.45) is 9.04. The summed E-state index contributed by atoms with van der Waals surface area (Å²) >= 11 is 0. The molecule has 0 saturated heterocycles. The van der Waals surface area contributed by atoms with E-state index in [0.717, 1.165) is 11.8 Å². The van der Waals surface area contributed by atoms with E-state index in [4.69, 9.17) is 0 Å². The van der Waals surface area contributed by atoms with Gasteiger partial charge in [0.15, 0.2) is 0 Å². The van der Waals surface area contributed by atoms with Gasteiger partial charge in [0.2, 0.25) is 0 Å². The first-order valence-corrected chi connectivity index (χ1v) is 4.44. The third-order valence-corrected chi connectivity index (χ3v) is 2.58. The maximum absolute atomic E-state index is 3.74. The lowest BCUT2D eigenvalue weighted by Gasteiger charge is -2.05. The molecule has 0 aromatic rings. The van der Waals surface area contributed by atoms with Crippen LogP contribution in [0.1, 0.15) is 39.0 Å². The summed E-state index contributed by atoms with van der Waals surface area (Å²) in [6, 6.07) is 0. The van der Waals surface area contributed by atoms with Crippen LogP contribution in [0, 0.1) is 11.8 Å². The molecule has 0 bridgehead atoms. The molecule has 0 spiro atoms. The number of allylic oxidation sites excluding steroid dienone is 1. The fourth-order valence-corrected chi connectivity index (χ4v) is 1.94. The number of hydrogen-bond acceptors (Lipinski definition) is 0. The lowest BCUT2D eigenvalue weighted by atomic mass is 10.0. The van der Waals surface area contributed by atoms with Crippen LogP contribution < -0.4 is 0 Å². The van der Waals surface area contributed by atoms with Crippen LogP contribution in [0.5, 0.6) is 0 Å². The fraction of sp³-hybridized carbons (Fsp3) is 0.800. The predicted octanol–water partition coefficient (Wildman–Crippen LogP) is 3.39. The summed E-state index contributed by atoms with van der Waals surface area (Å²) in [5.74, 6) is 2.02. The van der Waals surface area contributed by atoms with Crippen molar-refractivity contribution in [2.75, 3.05) is 0 Å². The first-order chi connectivity index (χ1) is 4.83. The summed E-state index contributed by atoms with van der Waals surface area (Å²) in [6.45, 7) is 6.11. The molecule has 0 aromatic heterocycles. The highest BCUT2D eigenvalue weighted by Crippen LogP contribution is 2.33. The second-order valence-electron chi connectivity index (χ2n) is 3.65. The molecule has 2 atom stereocenters. The Morgan fingerprint density at radius 3 is 2.80 bits per heavy atom. The van der Waals surface area contributed by atoms with Gasteiger partial charge in [0.25, 0.3) is 0 Å². The number of hydrogen-bond donors (Lipinski definition) is 0. The van der Waals surface area contributed by atoms with Crippen LogP contribution >= 0.6 is 0 Å². The van der Waals surface area contributed by atoms with Gasteiger partial charge in [-0.05, 0) is 31.1 Å². The molecule has 1 aliphatic carbocycles. The Bertz CT molecular complexity index is 105. The van der Waals surface area contributed by atoms with Crippen LogP contribution in [0.15, 0.2) is 12.7 Å². The van der Waals surface area contributed by atoms with E-state index in [2.05, 4.69) is 13.5 Å². The van der Waals surface area contributed by atoms with Gasteiger partial charge in [-0.15, -0.1) is 6.58 Å². The van der Waals surface area contributed by atoms with E-state index in [1.165, 1.54) is 32.1 Å². The Labute approximate surface area is 64.3 Å². The third kappa shape index (κ3) is 2.17. The quantitative estimate of drug-likeness (QED) is 0.524. The van der Waals surface area contributed by atoms with E-state index in [-0.39, 0.29) is 0 Å². The highest BCUT2D eigenvalue weighted by Gasteiger charge is 2.19.